The van der Waals surface area contributed by atoms with Crippen LogP contribution in [0.4, 0.5) is 5.69 Å². The van der Waals surface area contributed by atoms with Gasteiger partial charge in [-0.2, -0.15) is 0 Å². The largest absolute Gasteiger partial charge is 0.374 e. The highest BCUT2D eigenvalue weighted by Gasteiger charge is 2.12. The van der Waals surface area contributed by atoms with Crippen molar-refractivity contribution >= 4 is 27.7 Å². The Morgan fingerprint density at radius 2 is 2.33 bits per heavy atom. The first-order chi connectivity index (χ1) is 7.31. The highest BCUT2D eigenvalue weighted by molar-refractivity contribution is 9.09. The van der Waals surface area contributed by atoms with Gasteiger partial charge in [0.05, 0.1) is 0 Å². The van der Waals surface area contributed by atoms with E-state index in [0.29, 0.717) is 0 Å². The zero-order chi connectivity index (χ0) is 10.7. The maximum atomic E-state index is 3.40. The second-order valence-electron chi connectivity index (χ2n) is 3.97. The van der Waals surface area contributed by atoms with Gasteiger partial charge in [0, 0.05) is 24.6 Å². The zero-order valence-electron chi connectivity index (χ0n) is 9.04. The number of fused-ring (bicyclic) bond motifs is 1. The molecule has 0 fully saturated rings. The van der Waals surface area contributed by atoms with Crippen molar-refractivity contribution in [2.45, 2.75) is 12.8 Å². The molecular formula is C13H16BrN. The van der Waals surface area contributed by atoms with Crippen molar-refractivity contribution in [2.24, 2.45) is 0 Å². The van der Waals surface area contributed by atoms with E-state index in [-0.39, 0.29) is 0 Å². The molecule has 0 unspecified atom stereocenters. The van der Waals surface area contributed by atoms with Gasteiger partial charge in [-0.3, -0.25) is 0 Å². The summed E-state index contributed by atoms with van der Waals surface area (Å²) in [5, 5.41) is 0.921. The van der Waals surface area contributed by atoms with Gasteiger partial charge < -0.3 is 4.90 Å². The Hall–Kier alpha value is -0.760. The average molecular weight is 266 g/mol. The molecule has 1 aromatic carbocycles. The fourth-order valence-corrected chi connectivity index (χ4v) is 2.28. The number of aryl methyl sites for hydroxylation is 1. The van der Waals surface area contributed by atoms with Crippen molar-refractivity contribution in [3.05, 3.63) is 35.4 Å². The summed E-state index contributed by atoms with van der Waals surface area (Å²) >= 11 is 3.40. The molecule has 1 aliphatic heterocycles. The van der Waals surface area contributed by atoms with E-state index in [1.807, 2.05) is 0 Å². The lowest BCUT2D eigenvalue weighted by Crippen LogP contribution is -2.24. The van der Waals surface area contributed by atoms with Crippen LogP contribution in [0, 0.1) is 0 Å². The molecule has 80 valence electrons. The van der Waals surface area contributed by atoms with Crippen LogP contribution in [-0.2, 0) is 6.42 Å². The Kier molecular flexibility index (Phi) is 3.47. The monoisotopic (exact) mass is 265 g/mol. The Labute approximate surface area is 99.9 Å². The number of halogens is 1. The van der Waals surface area contributed by atoms with Gasteiger partial charge >= 0.3 is 0 Å². The van der Waals surface area contributed by atoms with Gasteiger partial charge in [-0.1, -0.05) is 34.1 Å². The molecule has 2 heteroatoms. The van der Waals surface area contributed by atoms with E-state index in [2.05, 4.69) is 58.2 Å². The number of alkyl halides is 1. The van der Waals surface area contributed by atoms with Crippen molar-refractivity contribution in [1.29, 1.82) is 0 Å². The number of anilines is 1. The molecule has 2 rings (SSSR count). The highest BCUT2D eigenvalue weighted by Crippen LogP contribution is 2.27. The van der Waals surface area contributed by atoms with Gasteiger partial charge in [0.25, 0.3) is 0 Å². The summed E-state index contributed by atoms with van der Waals surface area (Å²) in [6, 6.07) is 6.74. The zero-order valence-corrected chi connectivity index (χ0v) is 10.6. The topological polar surface area (TPSA) is 3.24 Å². The minimum Gasteiger partial charge on any atom is -0.374 e. The molecule has 1 aliphatic rings. The molecule has 15 heavy (non-hydrogen) atoms. The van der Waals surface area contributed by atoms with Crippen LogP contribution in [0.25, 0.3) is 6.08 Å². The molecule has 0 amide bonds. The van der Waals surface area contributed by atoms with E-state index in [4.69, 9.17) is 0 Å². The van der Waals surface area contributed by atoms with E-state index < -0.39 is 0 Å². The lowest BCUT2D eigenvalue weighted by molar-refractivity contribution is 0.744. The number of hydrogen-bond acceptors (Lipinski definition) is 1. The van der Waals surface area contributed by atoms with Crippen LogP contribution >= 0.6 is 15.9 Å². The second kappa shape index (κ2) is 4.84. The normalized spacial score (nSPS) is 15.7. The van der Waals surface area contributed by atoms with Gasteiger partial charge in [-0.15, -0.1) is 0 Å². The van der Waals surface area contributed by atoms with Gasteiger partial charge in [0.1, 0.15) is 0 Å². The van der Waals surface area contributed by atoms with Crippen LogP contribution in [0.5, 0.6) is 0 Å². The maximum Gasteiger partial charge on any atom is 0.0396 e. The van der Waals surface area contributed by atoms with E-state index in [9.17, 15) is 0 Å². The first kappa shape index (κ1) is 10.7. The predicted molar refractivity (Wildman–Crippen MR) is 70.9 cm³/mol. The van der Waals surface area contributed by atoms with Gasteiger partial charge in [-0.25, -0.2) is 0 Å². The van der Waals surface area contributed by atoms with Crippen molar-refractivity contribution in [1.82, 2.24) is 0 Å². The molecule has 0 aliphatic carbocycles. The Morgan fingerprint density at radius 3 is 3.13 bits per heavy atom. The van der Waals surface area contributed by atoms with Crippen LogP contribution in [0.1, 0.15) is 17.5 Å². The van der Waals surface area contributed by atoms with Crippen LogP contribution in [0.2, 0.25) is 0 Å². The third-order valence-electron chi connectivity index (χ3n) is 2.85. The summed E-state index contributed by atoms with van der Waals surface area (Å²) in [5.41, 5.74) is 4.20. The Balaban J connectivity index is 2.29. The minimum absolute atomic E-state index is 0.921. The Morgan fingerprint density at radius 1 is 1.47 bits per heavy atom. The molecule has 0 aromatic heterocycles. The fraction of sp³-hybridized carbons (Fsp3) is 0.385. The molecule has 0 saturated heterocycles. The predicted octanol–water partition coefficient (Wildman–Crippen LogP) is 3.48. The molecular weight excluding hydrogens is 250 g/mol. The molecule has 0 saturated carbocycles. The summed E-state index contributed by atoms with van der Waals surface area (Å²) in [4.78, 5) is 2.34. The summed E-state index contributed by atoms with van der Waals surface area (Å²) in [6.07, 6.45) is 6.79. The lowest BCUT2D eigenvalue weighted by Gasteiger charge is -2.27. The molecule has 1 aromatic rings. The number of nitrogens with zero attached hydrogens (tertiary/aromatic N) is 1. The summed E-state index contributed by atoms with van der Waals surface area (Å²) in [7, 11) is 2.17. The molecule has 1 heterocycles. The van der Waals surface area contributed by atoms with E-state index in [1.54, 1.807) is 0 Å². The number of hydrogen-bond donors (Lipinski definition) is 0. The van der Waals surface area contributed by atoms with Gasteiger partial charge in [0.15, 0.2) is 0 Å². The van der Waals surface area contributed by atoms with Gasteiger partial charge in [0.2, 0.25) is 0 Å². The van der Waals surface area contributed by atoms with E-state index in [0.717, 1.165) is 5.33 Å². The summed E-state index contributed by atoms with van der Waals surface area (Å²) < 4.78 is 0. The third kappa shape index (κ3) is 2.43. The first-order valence-corrected chi connectivity index (χ1v) is 6.50. The van der Waals surface area contributed by atoms with Crippen LogP contribution in [0.3, 0.4) is 0 Å². The fourth-order valence-electron chi connectivity index (χ4n) is 2.09. The molecule has 0 bridgehead atoms. The number of allylic oxidation sites excluding steroid dienone is 1. The van der Waals surface area contributed by atoms with Crippen molar-refractivity contribution in [3.63, 3.8) is 0 Å². The van der Waals surface area contributed by atoms with E-state index >= 15 is 0 Å². The summed E-state index contributed by atoms with van der Waals surface area (Å²) in [6.45, 7) is 1.18. The quantitative estimate of drug-likeness (QED) is 0.741. The van der Waals surface area contributed by atoms with Crippen molar-refractivity contribution in [2.75, 3.05) is 23.8 Å². The molecule has 0 spiro atoms. The Bertz CT molecular complexity index is 371. The smallest absolute Gasteiger partial charge is 0.0396 e. The minimum atomic E-state index is 0.921. The van der Waals surface area contributed by atoms with Crippen LogP contribution < -0.4 is 4.90 Å². The summed E-state index contributed by atoms with van der Waals surface area (Å²) in [5.74, 6) is 0. The number of rotatable bonds is 2. The highest BCUT2D eigenvalue weighted by atomic mass is 79.9. The molecule has 0 N–H and O–H groups in total. The molecule has 1 nitrogen and oxygen atoms in total. The average Bonchev–Trinajstić information content (AvgIpc) is 2.26. The lowest BCUT2D eigenvalue weighted by atomic mass is 9.99. The third-order valence-corrected chi connectivity index (χ3v) is 3.23. The maximum absolute atomic E-state index is 3.40. The van der Waals surface area contributed by atoms with Crippen molar-refractivity contribution < 1.29 is 0 Å². The van der Waals surface area contributed by atoms with E-state index in [1.165, 1.54) is 36.2 Å². The molecule has 0 radical (unpaired) electrons. The molecule has 0 atom stereocenters. The SMILES string of the molecule is CN1CCCc2cc(C=CCBr)ccc21. The van der Waals surface area contributed by atoms with Gasteiger partial charge in [-0.05, 0) is 36.1 Å². The van der Waals surface area contributed by atoms with Crippen molar-refractivity contribution in [3.8, 4) is 0 Å². The second-order valence-corrected chi connectivity index (χ2v) is 4.62. The number of benzene rings is 1. The van der Waals surface area contributed by atoms with Crippen LogP contribution in [0.15, 0.2) is 24.3 Å². The van der Waals surface area contributed by atoms with Crippen LogP contribution in [-0.4, -0.2) is 18.9 Å². The standard InChI is InChI=1S/C13H16BrN/c1-15-9-3-5-12-10-11(4-2-8-14)6-7-13(12)15/h2,4,6-7,10H,3,5,8-9H2,1H3. The first-order valence-electron chi connectivity index (χ1n) is 5.38.